The molecule has 1 saturated heterocycles. The highest BCUT2D eigenvalue weighted by Gasteiger charge is 2.27. The second-order valence-electron chi connectivity index (χ2n) is 5.06. The standard InChI is InChI=1S/C13H24N4/c1-3-12(14)13(11-9-15-16(2)10-11)17-7-5-4-6-8-17/h9-10,12-13H,3-8,14H2,1-2H3. The SMILES string of the molecule is CCC(N)C(c1cnn(C)c1)N1CCCCC1. The van der Waals surface area contributed by atoms with E-state index in [1.807, 2.05) is 17.9 Å². The molecule has 2 heterocycles. The van der Waals surface area contributed by atoms with Gasteiger partial charge in [0.1, 0.15) is 0 Å². The number of piperidine rings is 1. The lowest BCUT2D eigenvalue weighted by molar-refractivity contribution is 0.140. The quantitative estimate of drug-likeness (QED) is 0.865. The first-order valence-electron chi connectivity index (χ1n) is 6.70. The fourth-order valence-electron chi connectivity index (χ4n) is 2.74. The van der Waals surface area contributed by atoms with Crippen molar-refractivity contribution in [1.82, 2.24) is 14.7 Å². The van der Waals surface area contributed by atoms with Crippen LogP contribution in [0, 0.1) is 0 Å². The zero-order valence-electron chi connectivity index (χ0n) is 11.0. The average molecular weight is 236 g/mol. The topological polar surface area (TPSA) is 47.1 Å². The number of rotatable bonds is 4. The highest BCUT2D eigenvalue weighted by molar-refractivity contribution is 5.13. The minimum absolute atomic E-state index is 0.206. The van der Waals surface area contributed by atoms with Crippen LogP contribution in [0.3, 0.4) is 0 Å². The van der Waals surface area contributed by atoms with Gasteiger partial charge in [-0.1, -0.05) is 13.3 Å². The summed E-state index contributed by atoms with van der Waals surface area (Å²) in [5, 5.41) is 4.28. The predicted molar refractivity (Wildman–Crippen MR) is 69.6 cm³/mol. The van der Waals surface area contributed by atoms with Crippen LogP contribution >= 0.6 is 0 Å². The Morgan fingerprint density at radius 2 is 2.06 bits per heavy atom. The van der Waals surface area contributed by atoms with Crippen molar-refractivity contribution >= 4 is 0 Å². The van der Waals surface area contributed by atoms with E-state index in [1.54, 1.807) is 0 Å². The summed E-state index contributed by atoms with van der Waals surface area (Å²) < 4.78 is 1.87. The average Bonchev–Trinajstić information content (AvgIpc) is 2.77. The number of aromatic nitrogens is 2. The molecule has 0 radical (unpaired) electrons. The monoisotopic (exact) mass is 236 g/mol. The maximum atomic E-state index is 6.31. The van der Waals surface area contributed by atoms with Crippen LogP contribution in [0.25, 0.3) is 0 Å². The number of nitrogens with two attached hydrogens (primary N) is 1. The van der Waals surface area contributed by atoms with E-state index in [0.717, 1.165) is 6.42 Å². The van der Waals surface area contributed by atoms with E-state index in [-0.39, 0.29) is 6.04 Å². The van der Waals surface area contributed by atoms with Crippen molar-refractivity contribution in [3.63, 3.8) is 0 Å². The fourth-order valence-corrected chi connectivity index (χ4v) is 2.74. The van der Waals surface area contributed by atoms with Crippen molar-refractivity contribution in [1.29, 1.82) is 0 Å². The number of aryl methyl sites for hydroxylation is 1. The molecule has 96 valence electrons. The van der Waals surface area contributed by atoms with Gasteiger partial charge in [0.15, 0.2) is 0 Å². The minimum Gasteiger partial charge on any atom is -0.326 e. The van der Waals surface area contributed by atoms with Crippen LogP contribution in [0.15, 0.2) is 12.4 Å². The summed E-state index contributed by atoms with van der Waals surface area (Å²) in [6.07, 6.45) is 9.04. The predicted octanol–water partition coefficient (Wildman–Crippen LogP) is 1.68. The Morgan fingerprint density at radius 1 is 1.35 bits per heavy atom. The number of hydrogen-bond donors (Lipinski definition) is 1. The summed E-state index contributed by atoms with van der Waals surface area (Å²) in [4.78, 5) is 2.54. The van der Waals surface area contributed by atoms with Crippen LogP contribution in [0.5, 0.6) is 0 Å². The molecule has 1 aliphatic heterocycles. The van der Waals surface area contributed by atoms with Crippen molar-refractivity contribution in [3.8, 4) is 0 Å². The Labute approximate surface area is 104 Å². The van der Waals surface area contributed by atoms with Crippen LogP contribution in [0.1, 0.15) is 44.2 Å². The highest BCUT2D eigenvalue weighted by atomic mass is 15.3. The molecule has 2 atom stereocenters. The summed E-state index contributed by atoms with van der Waals surface area (Å²) in [5.41, 5.74) is 7.58. The summed E-state index contributed by atoms with van der Waals surface area (Å²) in [6, 6.07) is 0.547. The van der Waals surface area contributed by atoms with Crippen LogP contribution in [0.2, 0.25) is 0 Å². The number of likely N-dealkylation sites (tertiary alicyclic amines) is 1. The van der Waals surface area contributed by atoms with E-state index in [1.165, 1.54) is 37.9 Å². The lowest BCUT2D eigenvalue weighted by atomic mass is 9.96. The Balaban J connectivity index is 2.17. The van der Waals surface area contributed by atoms with Crippen molar-refractivity contribution in [3.05, 3.63) is 18.0 Å². The molecule has 2 N–H and O–H groups in total. The molecule has 4 heteroatoms. The number of nitrogens with zero attached hydrogens (tertiary/aromatic N) is 3. The molecule has 0 spiro atoms. The lowest BCUT2D eigenvalue weighted by Gasteiger charge is -2.37. The Kier molecular flexibility index (Phi) is 4.18. The van der Waals surface area contributed by atoms with E-state index in [2.05, 4.69) is 23.1 Å². The van der Waals surface area contributed by atoms with Gasteiger partial charge in [-0.25, -0.2) is 0 Å². The molecule has 2 rings (SSSR count). The summed E-state index contributed by atoms with van der Waals surface area (Å²) in [5.74, 6) is 0. The lowest BCUT2D eigenvalue weighted by Crippen LogP contribution is -2.43. The first-order valence-corrected chi connectivity index (χ1v) is 6.70. The maximum absolute atomic E-state index is 6.31. The molecule has 17 heavy (non-hydrogen) atoms. The minimum atomic E-state index is 0.206. The molecule has 1 aromatic heterocycles. The normalized spacial score (nSPS) is 21.4. The first kappa shape index (κ1) is 12.6. The van der Waals surface area contributed by atoms with Crippen molar-refractivity contribution in [2.45, 2.75) is 44.7 Å². The van der Waals surface area contributed by atoms with Gasteiger partial charge in [0.2, 0.25) is 0 Å². The Morgan fingerprint density at radius 3 is 2.59 bits per heavy atom. The largest absolute Gasteiger partial charge is 0.326 e. The van der Waals surface area contributed by atoms with Gasteiger partial charge in [0.05, 0.1) is 12.2 Å². The zero-order chi connectivity index (χ0) is 12.3. The van der Waals surface area contributed by atoms with Crippen molar-refractivity contribution < 1.29 is 0 Å². The molecule has 0 amide bonds. The van der Waals surface area contributed by atoms with E-state index in [0.29, 0.717) is 6.04 Å². The summed E-state index contributed by atoms with van der Waals surface area (Å²) in [6.45, 7) is 4.51. The summed E-state index contributed by atoms with van der Waals surface area (Å²) in [7, 11) is 1.97. The van der Waals surface area contributed by atoms with Gasteiger partial charge in [-0.15, -0.1) is 0 Å². The highest BCUT2D eigenvalue weighted by Crippen LogP contribution is 2.27. The molecule has 1 aromatic rings. The molecule has 0 aromatic carbocycles. The van der Waals surface area contributed by atoms with Crippen LogP contribution in [-0.2, 0) is 7.05 Å². The molecule has 1 fully saturated rings. The number of hydrogen-bond acceptors (Lipinski definition) is 3. The molecular weight excluding hydrogens is 212 g/mol. The zero-order valence-corrected chi connectivity index (χ0v) is 11.0. The van der Waals surface area contributed by atoms with E-state index < -0.39 is 0 Å². The molecule has 0 saturated carbocycles. The molecule has 0 bridgehead atoms. The van der Waals surface area contributed by atoms with Gasteiger partial charge in [0.25, 0.3) is 0 Å². The molecular formula is C13H24N4. The van der Waals surface area contributed by atoms with E-state index in [4.69, 9.17) is 5.73 Å². The van der Waals surface area contributed by atoms with Crippen LogP contribution < -0.4 is 5.73 Å². The Bertz CT molecular complexity index is 341. The maximum Gasteiger partial charge on any atom is 0.0538 e. The third-order valence-electron chi connectivity index (χ3n) is 3.73. The van der Waals surface area contributed by atoms with Crippen LogP contribution in [-0.4, -0.2) is 33.8 Å². The molecule has 0 aliphatic carbocycles. The third-order valence-corrected chi connectivity index (χ3v) is 3.73. The van der Waals surface area contributed by atoms with Crippen LogP contribution in [0.4, 0.5) is 0 Å². The Hall–Kier alpha value is -0.870. The van der Waals surface area contributed by atoms with Gasteiger partial charge in [-0.3, -0.25) is 9.58 Å². The molecule has 1 aliphatic rings. The molecule has 2 unspecified atom stereocenters. The fraction of sp³-hybridized carbons (Fsp3) is 0.769. The molecule has 4 nitrogen and oxygen atoms in total. The van der Waals surface area contributed by atoms with Gasteiger partial charge in [-0.2, -0.15) is 5.10 Å². The van der Waals surface area contributed by atoms with E-state index >= 15 is 0 Å². The second-order valence-corrected chi connectivity index (χ2v) is 5.06. The van der Waals surface area contributed by atoms with Gasteiger partial charge in [0, 0.05) is 24.8 Å². The first-order chi connectivity index (χ1) is 8.22. The third kappa shape index (κ3) is 2.87. The van der Waals surface area contributed by atoms with Gasteiger partial charge >= 0.3 is 0 Å². The van der Waals surface area contributed by atoms with E-state index in [9.17, 15) is 0 Å². The second kappa shape index (κ2) is 5.65. The van der Waals surface area contributed by atoms with Gasteiger partial charge < -0.3 is 5.73 Å². The van der Waals surface area contributed by atoms with Crippen molar-refractivity contribution in [2.75, 3.05) is 13.1 Å². The smallest absolute Gasteiger partial charge is 0.0538 e. The van der Waals surface area contributed by atoms with Crippen molar-refractivity contribution in [2.24, 2.45) is 12.8 Å². The van der Waals surface area contributed by atoms with Gasteiger partial charge in [-0.05, 0) is 32.4 Å². The summed E-state index contributed by atoms with van der Waals surface area (Å²) >= 11 is 0.